The number of aliphatic carboxylic acids is 1. The fourth-order valence-electron chi connectivity index (χ4n) is 2.08. The second-order valence-electron chi connectivity index (χ2n) is 3.85. The minimum Gasteiger partial charge on any atom is -0.480 e. The maximum Gasteiger partial charge on any atom is 0.326 e. The summed E-state index contributed by atoms with van der Waals surface area (Å²) in [6, 6.07) is 3.41. The number of carboxylic acid groups (broad SMARTS) is 1. The van der Waals surface area contributed by atoms with Gasteiger partial charge in [-0.2, -0.15) is 0 Å². The molecule has 0 aliphatic carbocycles. The van der Waals surface area contributed by atoms with Crippen LogP contribution in [0.25, 0.3) is 0 Å². The average molecular weight is 225 g/mol. The van der Waals surface area contributed by atoms with E-state index >= 15 is 0 Å². The molecule has 2 heterocycles. The summed E-state index contributed by atoms with van der Waals surface area (Å²) in [6.07, 6.45) is 3.47. The van der Waals surface area contributed by atoms with Crippen molar-refractivity contribution in [3.05, 3.63) is 22.4 Å². The molecule has 0 radical (unpaired) electrons. The van der Waals surface area contributed by atoms with E-state index in [1.54, 1.807) is 0 Å². The first-order valence-electron chi connectivity index (χ1n) is 5.29. The van der Waals surface area contributed by atoms with E-state index in [9.17, 15) is 9.90 Å². The van der Waals surface area contributed by atoms with Crippen molar-refractivity contribution in [2.24, 2.45) is 0 Å². The molecule has 1 aromatic rings. The zero-order chi connectivity index (χ0) is 10.7. The normalized spacial score (nSPS) is 20.0. The van der Waals surface area contributed by atoms with Crippen LogP contribution in [0.5, 0.6) is 0 Å². The van der Waals surface area contributed by atoms with Crippen molar-refractivity contribution in [3.8, 4) is 0 Å². The highest BCUT2D eigenvalue weighted by Crippen LogP contribution is 2.27. The van der Waals surface area contributed by atoms with Crippen molar-refractivity contribution in [3.63, 3.8) is 0 Å². The molecule has 1 N–H and O–H groups in total. The van der Waals surface area contributed by atoms with Crippen molar-refractivity contribution in [2.75, 3.05) is 13.1 Å². The summed E-state index contributed by atoms with van der Waals surface area (Å²) < 4.78 is 0. The number of thiophene rings is 1. The van der Waals surface area contributed by atoms with E-state index in [1.807, 2.05) is 17.5 Å². The van der Waals surface area contributed by atoms with E-state index in [2.05, 4.69) is 4.90 Å². The molecule has 0 aromatic carbocycles. The first kappa shape index (κ1) is 10.6. The van der Waals surface area contributed by atoms with Crippen molar-refractivity contribution in [1.29, 1.82) is 0 Å². The molecule has 0 bridgehead atoms. The zero-order valence-electron chi connectivity index (χ0n) is 8.56. The van der Waals surface area contributed by atoms with Crippen LogP contribution in [-0.2, 0) is 4.79 Å². The summed E-state index contributed by atoms with van der Waals surface area (Å²) in [5, 5.41) is 11.2. The molecule has 1 aliphatic heterocycles. The van der Waals surface area contributed by atoms with Crippen LogP contribution < -0.4 is 0 Å². The fourth-order valence-corrected chi connectivity index (χ4v) is 2.93. The predicted molar refractivity (Wildman–Crippen MR) is 60.1 cm³/mol. The van der Waals surface area contributed by atoms with Crippen molar-refractivity contribution in [2.45, 2.75) is 25.3 Å². The van der Waals surface area contributed by atoms with Crippen LogP contribution in [0.3, 0.4) is 0 Å². The summed E-state index contributed by atoms with van der Waals surface area (Å²) in [6.45, 7) is 1.82. The van der Waals surface area contributed by atoms with E-state index in [-0.39, 0.29) is 0 Å². The smallest absolute Gasteiger partial charge is 0.326 e. The number of hydrogen-bond donors (Lipinski definition) is 1. The van der Waals surface area contributed by atoms with Crippen LogP contribution in [0.1, 0.15) is 30.2 Å². The minimum atomic E-state index is -0.723. The van der Waals surface area contributed by atoms with Crippen molar-refractivity contribution >= 4 is 17.3 Å². The van der Waals surface area contributed by atoms with E-state index < -0.39 is 12.0 Å². The summed E-state index contributed by atoms with van der Waals surface area (Å²) in [7, 11) is 0. The summed E-state index contributed by atoms with van der Waals surface area (Å²) >= 11 is 1.53. The van der Waals surface area contributed by atoms with Gasteiger partial charge in [-0.05, 0) is 37.4 Å². The van der Waals surface area contributed by atoms with Crippen LogP contribution >= 0.6 is 11.3 Å². The lowest BCUT2D eigenvalue weighted by atomic mass is 10.1. The Morgan fingerprint density at radius 3 is 2.67 bits per heavy atom. The van der Waals surface area contributed by atoms with Gasteiger partial charge in [0.15, 0.2) is 0 Å². The predicted octanol–water partition coefficient (Wildman–Crippen LogP) is 2.36. The quantitative estimate of drug-likeness (QED) is 0.858. The molecule has 1 fully saturated rings. The van der Waals surface area contributed by atoms with Gasteiger partial charge in [0.1, 0.15) is 6.04 Å². The number of likely N-dealkylation sites (tertiary alicyclic amines) is 1. The summed E-state index contributed by atoms with van der Waals surface area (Å²) in [4.78, 5) is 14.3. The molecule has 15 heavy (non-hydrogen) atoms. The van der Waals surface area contributed by atoms with Gasteiger partial charge in [0.25, 0.3) is 0 Å². The third kappa shape index (κ3) is 2.38. The van der Waals surface area contributed by atoms with Crippen LogP contribution in [0.2, 0.25) is 0 Å². The zero-order valence-corrected chi connectivity index (χ0v) is 9.37. The van der Waals surface area contributed by atoms with Gasteiger partial charge < -0.3 is 5.11 Å². The molecule has 1 unspecified atom stereocenters. The Hall–Kier alpha value is -0.870. The first-order valence-corrected chi connectivity index (χ1v) is 6.17. The SMILES string of the molecule is O=C(O)C(c1cccs1)N1CCCCC1. The van der Waals surface area contributed by atoms with Gasteiger partial charge in [0.05, 0.1) is 0 Å². The van der Waals surface area contributed by atoms with Crippen molar-refractivity contribution in [1.82, 2.24) is 4.90 Å². The lowest BCUT2D eigenvalue weighted by molar-refractivity contribution is -0.143. The summed E-state index contributed by atoms with van der Waals surface area (Å²) in [5.41, 5.74) is 0. The van der Waals surface area contributed by atoms with E-state index in [0.717, 1.165) is 30.8 Å². The van der Waals surface area contributed by atoms with Gasteiger partial charge in [-0.3, -0.25) is 9.69 Å². The van der Waals surface area contributed by atoms with Gasteiger partial charge in [0.2, 0.25) is 0 Å². The molecule has 1 aliphatic rings. The van der Waals surface area contributed by atoms with Crippen molar-refractivity contribution < 1.29 is 9.90 Å². The molecule has 82 valence electrons. The Kier molecular flexibility index (Phi) is 3.38. The third-order valence-electron chi connectivity index (χ3n) is 2.80. The Morgan fingerprint density at radius 2 is 2.13 bits per heavy atom. The van der Waals surface area contributed by atoms with E-state index in [1.165, 1.54) is 17.8 Å². The molecule has 1 aromatic heterocycles. The third-order valence-corrected chi connectivity index (χ3v) is 3.73. The number of rotatable bonds is 3. The van der Waals surface area contributed by atoms with E-state index in [0.29, 0.717) is 0 Å². The molecule has 2 rings (SSSR count). The summed E-state index contributed by atoms with van der Waals surface area (Å²) in [5.74, 6) is -0.723. The van der Waals surface area contributed by atoms with Gasteiger partial charge in [-0.1, -0.05) is 12.5 Å². The molecular weight excluding hydrogens is 210 g/mol. The van der Waals surface area contributed by atoms with Gasteiger partial charge in [0, 0.05) is 4.88 Å². The molecule has 0 spiro atoms. The second-order valence-corrected chi connectivity index (χ2v) is 4.83. The fraction of sp³-hybridized carbons (Fsp3) is 0.545. The highest BCUT2D eigenvalue weighted by atomic mass is 32.1. The van der Waals surface area contributed by atoms with Gasteiger partial charge in [-0.25, -0.2) is 0 Å². The monoisotopic (exact) mass is 225 g/mol. The number of piperidine rings is 1. The van der Waals surface area contributed by atoms with Gasteiger partial charge >= 0.3 is 5.97 Å². The first-order chi connectivity index (χ1) is 7.29. The van der Waals surface area contributed by atoms with Crippen LogP contribution in [0.15, 0.2) is 17.5 Å². The molecular formula is C11H15NO2S. The second kappa shape index (κ2) is 4.77. The lowest BCUT2D eigenvalue weighted by Gasteiger charge is -2.31. The number of carbonyl (C=O) groups is 1. The largest absolute Gasteiger partial charge is 0.480 e. The highest BCUT2D eigenvalue weighted by Gasteiger charge is 2.28. The van der Waals surface area contributed by atoms with E-state index in [4.69, 9.17) is 0 Å². The average Bonchev–Trinajstić information content (AvgIpc) is 2.72. The Labute approximate surface area is 93.3 Å². The Morgan fingerprint density at radius 1 is 1.40 bits per heavy atom. The molecule has 3 nitrogen and oxygen atoms in total. The Balaban J connectivity index is 2.15. The maximum absolute atomic E-state index is 11.3. The number of carboxylic acids is 1. The Bertz CT molecular complexity index is 317. The molecule has 1 saturated heterocycles. The molecule has 1 atom stereocenters. The minimum absolute atomic E-state index is 0.426. The molecule has 4 heteroatoms. The maximum atomic E-state index is 11.3. The highest BCUT2D eigenvalue weighted by molar-refractivity contribution is 7.10. The van der Waals surface area contributed by atoms with Crippen LogP contribution in [0.4, 0.5) is 0 Å². The van der Waals surface area contributed by atoms with Crippen LogP contribution in [-0.4, -0.2) is 29.1 Å². The molecule has 0 saturated carbocycles. The standard InChI is InChI=1S/C11H15NO2S/c13-11(14)10(9-5-4-8-15-9)12-6-2-1-3-7-12/h4-5,8,10H,1-3,6-7H2,(H,13,14). The number of hydrogen-bond acceptors (Lipinski definition) is 3. The topological polar surface area (TPSA) is 40.5 Å². The van der Waals surface area contributed by atoms with Crippen LogP contribution in [0, 0.1) is 0 Å². The number of nitrogens with zero attached hydrogens (tertiary/aromatic N) is 1. The lowest BCUT2D eigenvalue weighted by Crippen LogP contribution is -2.37. The molecule has 0 amide bonds. The van der Waals surface area contributed by atoms with Gasteiger partial charge in [-0.15, -0.1) is 11.3 Å².